The maximum absolute atomic E-state index is 11.8. The zero-order valence-corrected chi connectivity index (χ0v) is 10.5. The number of hydrogen-bond donors (Lipinski definition) is 0. The molecule has 0 heterocycles. The molecule has 0 aliphatic rings. The number of carbonyl (C=O) groups excluding carboxylic acids is 1. The third-order valence-electron chi connectivity index (χ3n) is 2.66. The number of Topliss-reactive ketones (excluding diaryl/α,β-unsaturated/α-hetero) is 1. The second kappa shape index (κ2) is 6.05. The predicted octanol–water partition coefficient (Wildman–Crippen LogP) is 3.31. The number of carbonyl (C=O) groups is 1. The first-order chi connectivity index (χ1) is 8.10. The van der Waals surface area contributed by atoms with E-state index in [9.17, 15) is 4.79 Å². The maximum Gasteiger partial charge on any atom is 0.167 e. The average Bonchev–Trinajstić information content (AvgIpc) is 2.34. The summed E-state index contributed by atoms with van der Waals surface area (Å²) in [6.45, 7) is 4.18. The van der Waals surface area contributed by atoms with Gasteiger partial charge < -0.3 is 4.74 Å². The summed E-state index contributed by atoms with van der Waals surface area (Å²) in [7, 11) is 1.56. The summed E-state index contributed by atoms with van der Waals surface area (Å²) in [5.41, 5.74) is 1.70. The van der Waals surface area contributed by atoms with E-state index in [4.69, 9.17) is 10.00 Å². The van der Waals surface area contributed by atoms with Crippen molar-refractivity contribution >= 4 is 5.78 Å². The number of rotatable bonds is 5. The highest BCUT2D eigenvalue weighted by atomic mass is 16.5. The summed E-state index contributed by atoms with van der Waals surface area (Å²) in [6.07, 6.45) is 0.488. The molecule has 0 atom stereocenters. The van der Waals surface area contributed by atoms with E-state index in [1.165, 1.54) is 0 Å². The third-order valence-corrected chi connectivity index (χ3v) is 2.66. The second-order valence-corrected chi connectivity index (χ2v) is 4.20. The molecule has 0 radical (unpaired) electrons. The molecule has 0 saturated heterocycles. The first-order valence-corrected chi connectivity index (χ1v) is 5.68. The summed E-state index contributed by atoms with van der Waals surface area (Å²) in [4.78, 5) is 11.8. The Balaban J connectivity index is 3.01. The quantitative estimate of drug-likeness (QED) is 0.730. The van der Waals surface area contributed by atoms with Crippen molar-refractivity contribution in [1.82, 2.24) is 0 Å². The molecule has 90 valence electrons. The smallest absolute Gasteiger partial charge is 0.167 e. The van der Waals surface area contributed by atoms with Gasteiger partial charge >= 0.3 is 0 Å². The van der Waals surface area contributed by atoms with Crippen LogP contribution in [0.4, 0.5) is 0 Å². The van der Waals surface area contributed by atoms with Crippen LogP contribution in [0.3, 0.4) is 0 Å². The van der Waals surface area contributed by atoms with Crippen LogP contribution in [0, 0.1) is 11.3 Å². The molecule has 0 N–H and O–H groups in total. The van der Waals surface area contributed by atoms with Crippen LogP contribution in [-0.2, 0) is 0 Å². The Bertz CT molecular complexity index is 444. The van der Waals surface area contributed by atoms with Gasteiger partial charge in [0.25, 0.3) is 0 Å². The minimum absolute atomic E-state index is 0.0429. The Labute approximate surface area is 102 Å². The standard InChI is InChI=1S/C14H17NO2/c1-10(2)11-6-7-12(14(9-11)17-3)13(16)5-4-8-15/h6-7,9-10H,4-5H2,1-3H3. The Morgan fingerprint density at radius 2 is 2.18 bits per heavy atom. The summed E-state index contributed by atoms with van der Waals surface area (Å²) < 4.78 is 5.23. The summed E-state index contributed by atoms with van der Waals surface area (Å²) in [6, 6.07) is 7.59. The van der Waals surface area contributed by atoms with Crippen molar-refractivity contribution in [2.45, 2.75) is 32.6 Å². The van der Waals surface area contributed by atoms with Crippen LogP contribution in [0.25, 0.3) is 0 Å². The maximum atomic E-state index is 11.8. The largest absolute Gasteiger partial charge is 0.496 e. The molecule has 0 aliphatic heterocycles. The highest BCUT2D eigenvalue weighted by Gasteiger charge is 2.13. The minimum Gasteiger partial charge on any atom is -0.496 e. The van der Waals surface area contributed by atoms with Gasteiger partial charge in [-0.05, 0) is 23.6 Å². The van der Waals surface area contributed by atoms with E-state index in [2.05, 4.69) is 13.8 Å². The van der Waals surface area contributed by atoms with Gasteiger partial charge in [-0.2, -0.15) is 5.26 Å². The molecule has 3 nitrogen and oxygen atoms in total. The van der Waals surface area contributed by atoms with Crippen LogP contribution in [-0.4, -0.2) is 12.9 Å². The van der Waals surface area contributed by atoms with Crippen LogP contribution in [0.1, 0.15) is 48.5 Å². The molecule has 1 aromatic carbocycles. The van der Waals surface area contributed by atoms with E-state index in [-0.39, 0.29) is 18.6 Å². The van der Waals surface area contributed by atoms with Crippen LogP contribution < -0.4 is 4.74 Å². The van der Waals surface area contributed by atoms with Crippen LogP contribution in [0.2, 0.25) is 0 Å². The van der Waals surface area contributed by atoms with Crippen molar-refractivity contribution in [2.24, 2.45) is 0 Å². The molecule has 0 aromatic heterocycles. The first kappa shape index (κ1) is 13.2. The lowest BCUT2D eigenvalue weighted by molar-refractivity contribution is 0.0981. The molecule has 0 unspecified atom stereocenters. The topological polar surface area (TPSA) is 50.1 Å². The number of methoxy groups -OCH3 is 1. The Morgan fingerprint density at radius 3 is 2.71 bits per heavy atom. The fourth-order valence-corrected chi connectivity index (χ4v) is 1.60. The Kier molecular flexibility index (Phi) is 4.71. The summed E-state index contributed by atoms with van der Waals surface area (Å²) >= 11 is 0. The monoisotopic (exact) mass is 231 g/mol. The summed E-state index contributed by atoms with van der Waals surface area (Å²) in [5.74, 6) is 0.949. The lowest BCUT2D eigenvalue weighted by Crippen LogP contribution is -2.03. The lowest BCUT2D eigenvalue weighted by Gasteiger charge is -2.11. The zero-order valence-electron chi connectivity index (χ0n) is 10.5. The van der Waals surface area contributed by atoms with Gasteiger partial charge in [-0.25, -0.2) is 0 Å². The second-order valence-electron chi connectivity index (χ2n) is 4.20. The number of nitrogens with zero attached hydrogens (tertiary/aromatic N) is 1. The normalized spacial score (nSPS) is 10.1. The SMILES string of the molecule is COc1cc(C(C)C)ccc1C(=O)CCC#N. The van der Waals surface area contributed by atoms with Crippen LogP contribution in [0.5, 0.6) is 5.75 Å². The van der Waals surface area contributed by atoms with E-state index in [0.29, 0.717) is 17.2 Å². The molecule has 0 aliphatic carbocycles. The molecule has 0 fully saturated rings. The van der Waals surface area contributed by atoms with Gasteiger partial charge in [0.05, 0.1) is 18.7 Å². The number of benzene rings is 1. The van der Waals surface area contributed by atoms with Gasteiger partial charge in [0, 0.05) is 12.8 Å². The van der Waals surface area contributed by atoms with Gasteiger partial charge in [0.2, 0.25) is 0 Å². The fraction of sp³-hybridized carbons (Fsp3) is 0.429. The molecular formula is C14H17NO2. The average molecular weight is 231 g/mol. The molecule has 0 bridgehead atoms. The molecule has 0 spiro atoms. The Morgan fingerprint density at radius 1 is 1.47 bits per heavy atom. The molecule has 0 amide bonds. The van der Waals surface area contributed by atoms with Crippen LogP contribution in [0.15, 0.2) is 18.2 Å². The zero-order chi connectivity index (χ0) is 12.8. The lowest BCUT2D eigenvalue weighted by atomic mass is 9.98. The van der Waals surface area contributed by atoms with E-state index < -0.39 is 0 Å². The molecule has 0 saturated carbocycles. The van der Waals surface area contributed by atoms with Gasteiger partial charge in [0.1, 0.15) is 5.75 Å². The van der Waals surface area contributed by atoms with Crippen molar-refractivity contribution in [3.05, 3.63) is 29.3 Å². The van der Waals surface area contributed by atoms with Crippen molar-refractivity contribution < 1.29 is 9.53 Å². The Hall–Kier alpha value is -1.82. The number of ether oxygens (including phenoxy) is 1. The van der Waals surface area contributed by atoms with Crippen molar-refractivity contribution in [1.29, 1.82) is 5.26 Å². The van der Waals surface area contributed by atoms with E-state index in [0.717, 1.165) is 5.56 Å². The molecular weight excluding hydrogens is 214 g/mol. The van der Waals surface area contributed by atoms with Crippen LogP contribution >= 0.6 is 0 Å². The highest BCUT2D eigenvalue weighted by molar-refractivity contribution is 5.98. The highest BCUT2D eigenvalue weighted by Crippen LogP contribution is 2.25. The number of ketones is 1. The van der Waals surface area contributed by atoms with Gasteiger partial charge in [-0.3, -0.25) is 4.79 Å². The molecule has 1 rings (SSSR count). The molecule has 3 heteroatoms. The van der Waals surface area contributed by atoms with Gasteiger partial charge in [0.15, 0.2) is 5.78 Å². The van der Waals surface area contributed by atoms with E-state index in [1.54, 1.807) is 13.2 Å². The first-order valence-electron chi connectivity index (χ1n) is 5.68. The van der Waals surface area contributed by atoms with E-state index >= 15 is 0 Å². The minimum atomic E-state index is -0.0429. The fourth-order valence-electron chi connectivity index (χ4n) is 1.60. The molecule has 1 aromatic rings. The summed E-state index contributed by atoms with van der Waals surface area (Å²) in [5, 5.41) is 8.47. The van der Waals surface area contributed by atoms with Gasteiger partial charge in [-0.1, -0.05) is 19.9 Å². The van der Waals surface area contributed by atoms with Crippen molar-refractivity contribution in [2.75, 3.05) is 7.11 Å². The number of hydrogen-bond acceptors (Lipinski definition) is 3. The number of nitriles is 1. The van der Waals surface area contributed by atoms with Crippen molar-refractivity contribution in [3.63, 3.8) is 0 Å². The van der Waals surface area contributed by atoms with E-state index in [1.807, 2.05) is 18.2 Å². The third kappa shape index (κ3) is 3.32. The predicted molar refractivity (Wildman–Crippen MR) is 66.3 cm³/mol. The van der Waals surface area contributed by atoms with Crippen molar-refractivity contribution in [3.8, 4) is 11.8 Å². The molecule has 17 heavy (non-hydrogen) atoms. The van der Waals surface area contributed by atoms with Gasteiger partial charge in [-0.15, -0.1) is 0 Å².